The Morgan fingerprint density at radius 2 is 1.27 bits per heavy atom. The van der Waals surface area contributed by atoms with E-state index in [1.165, 1.54) is 0 Å². The highest BCUT2D eigenvalue weighted by atomic mass is 16.5. The van der Waals surface area contributed by atoms with E-state index in [0.29, 0.717) is 57.6 Å². The Morgan fingerprint density at radius 1 is 0.692 bits per heavy atom. The largest absolute Gasteiger partial charge is 0.379 e. The van der Waals surface area contributed by atoms with Crippen LogP contribution in [-0.4, -0.2) is 51.3 Å². The number of rotatable bonds is 17. The van der Waals surface area contributed by atoms with Crippen LogP contribution in [-0.2, 0) is 19.1 Å². The summed E-state index contributed by atoms with van der Waals surface area (Å²) < 4.78 is 10.9. The van der Waals surface area contributed by atoms with E-state index in [1.807, 2.05) is 0 Å². The summed E-state index contributed by atoms with van der Waals surface area (Å²) in [6.45, 7) is 12.1. The molecule has 154 valence electrons. The molecule has 6 heteroatoms. The van der Waals surface area contributed by atoms with Gasteiger partial charge in [0.15, 0.2) is 0 Å². The molecule has 6 nitrogen and oxygen atoms in total. The van der Waals surface area contributed by atoms with Gasteiger partial charge in [0.1, 0.15) is 0 Å². The van der Waals surface area contributed by atoms with E-state index in [2.05, 4.69) is 38.3 Å². The van der Waals surface area contributed by atoms with Gasteiger partial charge in [-0.05, 0) is 37.5 Å². The summed E-state index contributed by atoms with van der Waals surface area (Å²) in [6.07, 6.45) is 4.81. The van der Waals surface area contributed by atoms with Crippen LogP contribution in [0.5, 0.6) is 0 Å². The van der Waals surface area contributed by atoms with Crippen LogP contribution in [0.15, 0.2) is 0 Å². The van der Waals surface area contributed by atoms with Gasteiger partial charge in [0.05, 0.1) is 19.8 Å². The minimum absolute atomic E-state index is 0.0896. The minimum Gasteiger partial charge on any atom is -0.379 e. The highest BCUT2D eigenvalue weighted by molar-refractivity contribution is 5.76. The van der Waals surface area contributed by atoms with E-state index in [-0.39, 0.29) is 11.8 Å². The highest BCUT2D eigenvalue weighted by Crippen LogP contribution is 2.02. The van der Waals surface area contributed by atoms with Crippen molar-refractivity contribution in [3.63, 3.8) is 0 Å². The Bertz CT molecular complexity index is 360. The quantitative estimate of drug-likeness (QED) is 0.385. The molecule has 0 atom stereocenters. The predicted octanol–water partition coefficient (Wildman–Crippen LogP) is 2.90. The van der Waals surface area contributed by atoms with Crippen LogP contribution >= 0.6 is 0 Å². The second kappa shape index (κ2) is 17.3. The Balaban J connectivity index is 3.24. The van der Waals surface area contributed by atoms with Crippen molar-refractivity contribution in [3.8, 4) is 0 Å². The van der Waals surface area contributed by atoms with E-state index < -0.39 is 0 Å². The fraction of sp³-hybridized carbons (Fsp3) is 0.900. The Morgan fingerprint density at radius 3 is 1.92 bits per heavy atom. The summed E-state index contributed by atoms with van der Waals surface area (Å²) in [5.41, 5.74) is 0. The van der Waals surface area contributed by atoms with E-state index >= 15 is 0 Å². The molecule has 0 aliphatic rings. The predicted molar refractivity (Wildman–Crippen MR) is 105 cm³/mol. The van der Waals surface area contributed by atoms with Gasteiger partial charge in [-0.2, -0.15) is 0 Å². The second-order valence-corrected chi connectivity index (χ2v) is 7.50. The van der Waals surface area contributed by atoms with Crippen molar-refractivity contribution in [2.24, 2.45) is 11.8 Å². The molecule has 0 aliphatic heterocycles. The second-order valence-electron chi connectivity index (χ2n) is 7.50. The first kappa shape index (κ1) is 24.9. The van der Waals surface area contributed by atoms with E-state index in [1.54, 1.807) is 0 Å². The molecule has 0 bridgehead atoms. The van der Waals surface area contributed by atoms with Crippen molar-refractivity contribution in [2.75, 3.05) is 39.5 Å². The Hall–Kier alpha value is -1.14. The third-order valence-electron chi connectivity index (χ3n) is 3.88. The first-order chi connectivity index (χ1) is 12.4. The molecule has 0 aromatic rings. The summed E-state index contributed by atoms with van der Waals surface area (Å²) in [4.78, 5) is 23.1. The lowest BCUT2D eigenvalue weighted by Crippen LogP contribution is -2.27. The van der Waals surface area contributed by atoms with Crippen molar-refractivity contribution < 1.29 is 19.1 Å². The molecule has 0 unspecified atom stereocenters. The van der Waals surface area contributed by atoms with Crippen LogP contribution in [0.1, 0.15) is 66.2 Å². The molecular formula is C20H40N2O4. The van der Waals surface area contributed by atoms with Gasteiger partial charge in [-0.25, -0.2) is 0 Å². The lowest BCUT2D eigenvalue weighted by Gasteiger charge is -2.08. The number of hydrogen-bond acceptors (Lipinski definition) is 4. The molecular weight excluding hydrogens is 332 g/mol. The zero-order valence-electron chi connectivity index (χ0n) is 17.3. The third kappa shape index (κ3) is 19.2. The van der Waals surface area contributed by atoms with Crippen molar-refractivity contribution in [1.29, 1.82) is 0 Å². The normalized spacial score (nSPS) is 11.2. The average molecular weight is 373 g/mol. The summed E-state index contributed by atoms with van der Waals surface area (Å²) >= 11 is 0. The highest BCUT2D eigenvalue weighted by Gasteiger charge is 2.03. The molecule has 2 amide bonds. The zero-order valence-corrected chi connectivity index (χ0v) is 17.3. The maximum atomic E-state index is 11.6. The molecule has 0 aromatic carbocycles. The van der Waals surface area contributed by atoms with Crippen LogP contribution in [0, 0.1) is 11.8 Å². The molecule has 0 spiro atoms. The van der Waals surface area contributed by atoms with Crippen molar-refractivity contribution >= 4 is 11.8 Å². The fourth-order valence-electron chi connectivity index (χ4n) is 2.17. The maximum Gasteiger partial charge on any atom is 0.220 e. The van der Waals surface area contributed by atoms with Gasteiger partial charge in [0.25, 0.3) is 0 Å². The molecule has 0 aliphatic carbocycles. The summed E-state index contributed by atoms with van der Waals surface area (Å²) in [6, 6.07) is 0. The fourth-order valence-corrected chi connectivity index (χ4v) is 2.17. The van der Waals surface area contributed by atoms with Gasteiger partial charge in [-0.1, -0.05) is 27.7 Å². The molecule has 0 saturated carbocycles. The van der Waals surface area contributed by atoms with Crippen LogP contribution < -0.4 is 10.6 Å². The molecule has 0 heterocycles. The minimum atomic E-state index is 0.0896. The molecule has 0 rings (SSSR count). The average Bonchev–Trinajstić information content (AvgIpc) is 2.57. The Kier molecular flexibility index (Phi) is 16.5. The summed E-state index contributed by atoms with van der Waals surface area (Å²) in [5, 5.41) is 5.78. The number of amides is 2. The standard InChI is InChI=1S/C20H40N2O4/c1-17(2)8-9-20(24)22-12-14-26-16-15-25-13-6-5-7-19(23)21-11-10-18(3)4/h17-18H,5-16H2,1-4H3,(H,21,23)(H,22,24). The molecule has 0 radical (unpaired) electrons. The van der Waals surface area contributed by atoms with Crippen LogP contribution in [0.4, 0.5) is 0 Å². The number of hydrogen-bond donors (Lipinski definition) is 2. The van der Waals surface area contributed by atoms with Crippen molar-refractivity contribution in [1.82, 2.24) is 10.6 Å². The van der Waals surface area contributed by atoms with Crippen molar-refractivity contribution in [3.05, 3.63) is 0 Å². The SMILES string of the molecule is CC(C)CCNC(=O)CCCCOCCOCCNC(=O)CCC(C)C. The monoisotopic (exact) mass is 372 g/mol. The van der Waals surface area contributed by atoms with E-state index in [4.69, 9.17) is 9.47 Å². The molecule has 0 aromatic heterocycles. The van der Waals surface area contributed by atoms with Crippen LogP contribution in [0.25, 0.3) is 0 Å². The molecule has 26 heavy (non-hydrogen) atoms. The third-order valence-corrected chi connectivity index (χ3v) is 3.88. The number of carbonyl (C=O) groups is 2. The van der Waals surface area contributed by atoms with Crippen LogP contribution in [0.2, 0.25) is 0 Å². The number of carbonyl (C=O) groups excluding carboxylic acids is 2. The van der Waals surface area contributed by atoms with Gasteiger partial charge in [-0.15, -0.1) is 0 Å². The smallest absolute Gasteiger partial charge is 0.220 e. The first-order valence-electron chi connectivity index (χ1n) is 10.1. The van der Waals surface area contributed by atoms with Gasteiger partial charge in [0.2, 0.25) is 11.8 Å². The van der Waals surface area contributed by atoms with Gasteiger partial charge >= 0.3 is 0 Å². The van der Waals surface area contributed by atoms with Gasteiger partial charge < -0.3 is 20.1 Å². The number of unbranched alkanes of at least 4 members (excludes halogenated alkanes) is 1. The lowest BCUT2D eigenvalue weighted by atomic mass is 10.1. The molecule has 2 N–H and O–H groups in total. The van der Waals surface area contributed by atoms with Crippen LogP contribution in [0.3, 0.4) is 0 Å². The van der Waals surface area contributed by atoms with Gasteiger partial charge in [0, 0.05) is 32.5 Å². The molecule has 0 fully saturated rings. The number of ether oxygens (including phenoxy) is 2. The Labute approximate surface area is 159 Å². The van der Waals surface area contributed by atoms with E-state index in [0.717, 1.165) is 32.2 Å². The zero-order chi connectivity index (χ0) is 19.6. The molecule has 0 saturated heterocycles. The first-order valence-corrected chi connectivity index (χ1v) is 10.1. The summed E-state index contributed by atoms with van der Waals surface area (Å²) in [7, 11) is 0. The topological polar surface area (TPSA) is 76.7 Å². The number of nitrogens with one attached hydrogen (secondary N) is 2. The van der Waals surface area contributed by atoms with E-state index in [9.17, 15) is 9.59 Å². The van der Waals surface area contributed by atoms with Gasteiger partial charge in [-0.3, -0.25) is 9.59 Å². The summed E-state index contributed by atoms with van der Waals surface area (Å²) in [5.74, 6) is 1.39. The lowest BCUT2D eigenvalue weighted by molar-refractivity contribution is -0.122. The van der Waals surface area contributed by atoms with Crippen molar-refractivity contribution in [2.45, 2.75) is 66.2 Å². The maximum absolute atomic E-state index is 11.6.